The van der Waals surface area contributed by atoms with Gasteiger partial charge in [0.2, 0.25) is 0 Å². The van der Waals surface area contributed by atoms with Crippen molar-refractivity contribution in [2.24, 2.45) is 5.92 Å². The summed E-state index contributed by atoms with van der Waals surface area (Å²) < 4.78 is 21.8. The summed E-state index contributed by atoms with van der Waals surface area (Å²) >= 11 is 2.02. The predicted molar refractivity (Wildman–Crippen MR) is 60.5 cm³/mol. The molecular formula is C9H17NO2S2. The molecule has 1 atom stereocenters. The van der Waals surface area contributed by atoms with E-state index in [2.05, 4.69) is 5.32 Å². The van der Waals surface area contributed by atoms with Gasteiger partial charge in [0.15, 0.2) is 9.84 Å². The Morgan fingerprint density at radius 2 is 2.14 bits per heavy atom. The SMILES string of the molecule is O=S1(=O)CC(NCC2CCCSC2)C1. The highest BCUT2D eigenvalue weighted by Gasteiger charge is 2.33. The second-order valence-electron chi connectivity index (χ2n) is 4.27. The molecule has 0 radical (unpaired) electrons. The van der Waals surface area contributed by atoms with Crippen LogP contribution >= 0.6 is 11.8 Å². The Morgan fingerprint density at radius 3 is 2.71 bits per heavy atom. The summed E-state index contributed by atoms with van der Waals surface area (Å²) in [4.78, 5) is 0. The average molecular weight is 235 g/mol. The molecular weight excluding hydrogens is 218 g/mol. The molecule has 2 heterocycles. The molecule has 82 valence electrons. The summed E-state index contributed by atoms with van der Waals surface area (Å²) in [6.45, 7) is 1.01. The zero-order chi connectivity index (χ0) is 10.0. The van der Waals surface area contributed by atoms with Gasteiger partial charge in [0.25, 0.3) is 0 Å². The number of hydrogen-bond acceptors (Lipinski definition) is 4. The zero-order valence-electron chi connectivity index (χ0n) is 8.24. The van der Waals surface area contributed by atoms with Crippen molar-refractivity contribution < 1.29 is 8.42 Å². The summed E-state index contributed by atoms with van der Waals surface area (Å²) in [6, 6.07) is 0.243. The Kier molecular flexibility index (Phi) is 3.39. The molecule has 0 amide bonds. The van der Waals surface area contributed by atoms with E-state index in [9.17, 15) is 8.42 Å². The first-order chi connectivity index (χ1) is 6.66. The molecule has 3 nitrogen and oxygen atoms in total. The first-order valence-corrected chi connectivity index (χ1v) is 8.15. The minimum atomic E-state index is -2.65. The summed E-state index contributed by atoms with van der Waals surface area (Å²) in [6.07, 6.45) is 2.62. The van der Waals surface area contributed by atoms with E-state index in [4.69, 9.17) is 0 Å². The van der Waals surface area contributed by atoms with Crippen LogP contribution in [0.3, 0.4) is 0 Å². The Hall–Kier alpha value is 0.260. The lowest BCUT2D eigenvalue weighted by molar-refractivity contribution is 0.435. The zero-order valence-corrected chi connectivity index (χ0v) is 9.87. The van der Waals surface area contributed by atoms with E-state index >= 15 is 0 Å². The number of hydrogen-bond donors (Lipinski definition) is 1. The lowest BCUT2D eigenvalue weighted by Gasteiger charge is -2.30. The topological polar surface area (TPSA) is 46.2 Å². The van der Waals surface area contributed by atoms with Gasteiger partial charge in [0.05, 0.1) is 11.5 Å². The molecule has 1 N–H and O–H groups in total. The van der Waals surface area contributed by atoms with Gasteiger partial charge in [-0.2, -0.15) is 11.8 Å². The monoisotopic (exact) mass is 235 g/mol. The van der Waals surface area contributed by atoms with Gasteiger partial charge >= 0.3 is 0 Å². The normalized spacial score (nSPS) is 32.4. The third kappa shape index (κ3) is 2.87. The molecule has 5 heteroatoms. The van der Waals surface area contributed by atoms with Gasteiger partial charge in [-0.25, -0.2) is 8.42 Å². The molecule has 2 aliphatic heterocycles. The third-order valence-corrected chi connectivity index (χ3v) is 5.96. The summed E-state index contributed by atoms with van der Waals surface area (Å²) in [5.41, 5.74) is 0. The summed E-state index contributed by atoms with van der Waals surface area (Å²) in [5, 5.41) is 3.35. The van der Waals surface area contributed by atoms with Crippen molar-refractivity contribution in [3.63, 3.8) is 0 Å². The van der Waals surface area contributed by atoms with Crippen LogP contribution in [0, 0.1) is 5.92 Å². The molecule has 2 saturated heterocycles. The van der Waals surface area contributed by atoms with Gasteiger partial charge in [-0.05, 0) is 36.8 Å². The fraction of sp³-hybridized carbons (Fsp3) is 1.00. The number of sulfone groups is 1. The van der Waals surface area contributed by atoms with Crippen molar-refractivity contribution >= 4 is 21.6 Å². The largest absolute Gasteiger partial charge is 0.312 e. The fourth-order valence-electron chi connectivity index (χ4n) is 1.98. The lowest BCUT2D eigenvalue weighted by atomic mass is 10.1. The minimum absolute atomic E-state index is 0.243. The second-order valence-corrected chi connectivity index (χ2v) is 7.57. The van der Waals surface area contributed by atoms with Crippen molar-refractivity contribution in [1.29, 1.82) is 0 Å². The molecule has 1 unspecified atom stereocenters. The molecule has 0 aliphatic carbocycles. The molecule has 2 aliphatic rings. The third-order valence-electron chi connectivity index (χ3n) is 2.86. The molecule has 0 bridgehead atoms. The van der Waals surface area contributed by atoms with Gasteiger partial charge in [0.1, 0.15) is 0 Å². The quantitative estimate of drug-likeness (QED) is 0.774. The molecule has 0 aromatic heterocycles. The molecule has 0 saturated carbocycles. The van der Waals surface area contributed by atoms with Gasteiger partial charge in [-0.15, -0.1) is 0 Å². The van der Waals surface area contributed by atoms with Crippen molar-refractivity contribution in [1.82, 2.24) is 5.32 Å². The first-order valence-electron chi connectivity index (χ1n) is 5.17. The molecule has 2 rings (SSSR count). The maximum atomic E-state index is 10.9. The van der Waals surface area contributed by atoms with Crippen LogP contribution in [0.5, 0.6) is 0 Å². The highest BCUT2D eigenvalue weighted by molar-refractivity contribution is 7.99. The van der Waals surface area contributed by atoms with Crippen LogP contribution in [0.2, 0.25) is 0 Å². The predicted octanol–water partition coefficient (Wildman–Crippen LogP) is 0.516. The highest BCUT2D eigenvalue weighted by Crippen LogP contribution is 2.22. The van der Waals surface area contributed by atoms with E-state index < -0.39 is 9.84 Å². The van der Waals surface area contributed by atoms with E-state index in [1.54, 1.807) is 0 Å². The van der Waals surface area contributed by atoms with Crippen LogP contribution in [0.25, 0.3) is 0 Å². The second kappa shape index (κ2) is 4.41. The van der Waals surface area contributed by atoms with Gasteiger partial charge in [-0.3, -0.25) is 0 Å². The van der Waals surface area contributed by atoms with Gasteiger partial charge < -0.3 is 5.32 Å². The van der Waals surface area contributed by atoms with Crippen molar-refractivity contribution in [2.45, 2.75) is 18.9 Å². The lowest BCUT2D eigenvalue weighted by Crippen LogP contribution is -2.52. The summed E-state index contributed by atoms with van der Waals surface area (Å²) in [5.74, 6) is 4.01. The van der Waals surface area contributed by atoms with Crippen LogP contribution in [0.15, 0.2) is 0 Å². The Bertz CT molecular complexity index is 271. The van der Waals surface area contributed by atoms with E-state index in [0.29, 0.717) is 11.5 Å². The van der Waals surface area contributed by atoms with Crippen molar-refractivity contribution in [3.05, 3.63) is 0 Å². The summed E-state index contributed by atoms with van der Waals surface area (Å²) in [7, 11) is -2.65. The van der Waals surface area contributed by atoms with E-state index in [1.807, 2.05) is 11.8 Å². The van der Waals surface area contributed by atoms with Crippen LogP contribution in [-0.2, 0) is 9.84 Å². The maximum Gasteiger partial charge on any atom is 0.153 e. The van der Waals surface area contributed by atoms with E-state index in [-0.39, 0.29) is 6.04 Å². The van der Waals surface area contributed by atoms with Crippen LogP contribution in [-0.4, -0.2) is 44.0 Å². The van der Waals surface area contributed by atoms with E-state index in [0.717, 1.165) is 12.5 Å². The number of thioether (sulfide) groups is 1. The minimum Gasteiger partial charge on any atom is -0.312 e. The fourth-order valence-corrected chi connectivity index (χ4v) is 4.50. The maximum absolute atomic E-state index is 10.9. The van der Waals surface area contributed by atoms with Crippen LogP contribution in [0.1, 0.15) is 12.8 Å². The van der Waals surface area contributed by atoms with Crippen LogP contribution in [0.4, 0.5) is 0 Å². The van der Waals surface area contributed by atoms with Gasteiger partial charge in [-0.1, -0.05) is 0 Å². The Balaban J connectivity index is 1.63. The van der Waals surface area contributed by atoms with Crippen molar-refractivity contribution in [3.8, 4) is 0 Å². The molecule has 0 aromatic rings. The molecule has 14 heavy (non-hydrogen) atoms. The smallest absolute Gasteiger partial charge is 0.153 e. The average Bonchev–Trinajstić information content (AvgIpc) is 2.13. The van der Waals surface area contributed by atoms with Gasteiger partial charge in [0, 0.05) is 6.04 Å². The molecule has 0 aromatic carbocycles. The standard InChI is InChI=1S/C9H17NO2S2/c11-14(12)6-9(7-14)10-4-8-2-1-3-13-5-8/h8-10H,1-7H2. The van der Waals surface area contributed by atoms with Crippen molar-refractivity contribution in [2.75, 3.05) is 29.6 Å². The molecule has 0 spiro atoms. The highest BCUT2D eigenvalue weighted by atomic mass is 32.2. The number of rotatable bonds is 3. The van der Waals surface area contributed by atoms with E-state index in [1.165, 1.54) is 24.3 Å². The Morgan fingerprint density at radius 1 is 1.36 bits per heavy atom. The molecule has 2 fully saturated rings. The Labute approximate surface area is 89.9 Å². The van der Waals surface area contributed by atoms with Crippen LogP contribution < -0.4 is 5.32 Å². The first kappa shape index (κ1) is 10.8. The number of nitrogens with one attached hydrogen (secondary N) is 1.